The zero-order valence-electron chi connectivity index (χ0n) is 13.6. The minimum Gasteiger partial charge on any atom is -0.481 e. The summed E-state index contributed by atoms with van der Waals surface area (Å²) >= 11 is 1.44. The minimum atomic E-state index is -0.840. The topological polar surface area (TPSA) is 95.5 Å². The highest BCUT2D eigenvalue weighted by molar-refractivity contribution is 7.08. The highest BCUT2D eigenvalue weighted by Gasteiger charge is 2.29. The molecule has 0 aromatic carbocycles. The Labute approximate surface area is 145 Å². The van der Waals surface area contributed by atoms with Crippen molar-refractivity contribution in [2.75, 3.05) is 6.54 Å². The maximum absolute atomic E-state index is 12.1. The number of rotatable bonds is 6. The summed E-state index contributed by atoms with van der Waals surface area (Å²) in [4.78, 5) is 35.3. The van der Waals surface area contributed by atoms with Crippen LogP contribution < -0.4 is 10.6 Å². The van der Waals surface area contributed by atoms with Gasteiger partial charge in [0, 0.05) is 30.0 Å². The molecular weight excluding hydrogens is 328 g/mol. The standard InChI is InChI=1S/C17H24N2O4S/c20-15(7-9-18-16(21)12-8-10-24-11-12)19-14-6-4-2-1-3-5-13(14)17(22)23/h8,10-11,13-14H,1-7,9H2,(H,18,21)(H,19,20)(H,22,23). The Morgan fingerprint density at radius 1 is 1.17 bits per heavy atom. The van der Waals surface area contributed by atoms with Gasteiger partial charge in [-0.3, -0.25) is 14.4 Å². The van der Waals surface area contributed by atoms with E-state index in [1.54, 1.807) is 11.4 Å². The summed E-state index contributed by atoms with van der Waals surface area (Å²) in [6, 6.07) is 1.41. The Kier molecular flexibility index (Phi) is 7.24. The first-order valence-corrected chi connectivity index (χ1v) is 9.35. The molecule has 2 amide bonds. The van der Waals surface area contributed by atoms with Crippen LogP contribution in [0.15, 0.2) is 16.8 Å². The zero-order chi connectivity index (χ0) is 17.4. The van der Waals surface area contributed by atoms with Crippen LogP contribution in [0.3, 0.4) is 0 Å². The molecule has 2 atom stereocenters. The van der Waals surface area contributed by atoms with Crippen LogP contribution in [0.1, 0.15) is 55.3 Å². The van der Waals surface area contributed by atoms with Crippen molar-refractivity contribution in [3.63, 3.8) is 0 Å². The lowest BCUT2D eigenvalue weighted by Gasteiger charge is -2.27. The monoisotopic (exact) mass is 352 g/mol. The third-order valence-corrected chi connectivity index (χ3v) is 5.03. The summed E-state index contributed by atoms with van der Waals surface area (Å²) < 4.78 is 0. The van der Waals surface area contributed by atoms with Crippen molar-refractivity contribution < 1.29 is 19.5 Å². The van der Waals surface area contributed by atoms with Gasteiger partial charge in [-0.2, -0.15) is 11.3 Å². The molecule has 1 aromatic rings. The molecule has 0 bridgehead atoms. The van der Waals surface area contributed by atoms with Crippen molar-refractivity contribution in [2.24, 2.45) is 5.92 Å². The van der Waals surface area contributed by atoms with E-state index in [1.165, 1.54) is 11.3 Å². The average Bonchev–Trinajstić information content (AvgIpc) is 3.04. The third kappa shape index (κ3) is 5.63. The first kappa shape index (κ1) is 18.4. The van der Waals surface area contributed by atoms with E-state index in [9.17, 15) is 19.5 Å². The second kappa shape index (κ2) is 9.42. The van der Waals surface area contributed by atoms with Crippen LogP contribution >= 0.6 is 11.3 Å². The van der Waals surface area contributed by atoms with E-state index < -0.39 is 11.9 Å². The molecule has 2 unspecified atom stereocenters. The van der Waals surface area contributed by atoms with Gasteiger partial charge in [0.1, 0.15) is 0 Å². The van der Waals surface area contributed by atoms with Crippen molar-refractivity contribution >= 4 is 29.1 Å². The van der Waals surface area contributed by atoms with Gasteiger partial charge in [0.15, 0.2) is 0 Å². The molecule has 1 fully saturated rings. The van der Waals surface area contributed by atoms with Gasteiger partial charge in [0.2, 0.25) is 5.91 Å². The number of amides is 2. The number of hydrogen-bond donors (Lipinski definition) is 3. The second-order valence-corrected chi connectivity index (χ2v) is 6.91. The van der Waals surface area contributed by atoms with Gasteiger partial charge in [-0.05, 0) is 24.3 Å². The van der Waals surface area contributed by atoms with Crippen LogP contribution in [0.5, 0.6) is 0 Å². The van der Waals surface area contributed by atoms with Crippen LogP contribution in [-0.2, 0) is 9.59 Å². The molecule has 1 saturated carbocycles. The molecule has 1 heterocycles. The molecule has 0 saturated heterocycles. The quantitative estimate of drug-likeness (QED) is 0.732. The van der Waals surface area contributed by atoms with Crippen molar-refractivity contribution in [1.29, 1.82) is 0 Å². The van der Waals surface area contributed by atoms with Crippen LogP contribution in [0.4, 0.5) is 0 Å². The molecule has 24 heavy (non-hydrogen) atoms. The molecule has 3 N–H and O–H groups in total. The third-order valence-electron chi connectivity index (χ3n) is 4.35. The lowest BCUT2D eigenvalue weighted by atomic mass is 9.86. The van der Waals surface area contributed by atoms with Crippen LogP contribution in [0, 0.1) is 5.92 Å². The Morgan fingerprint density at radius 3 is 2.58 bits per heavy atom. The Balaban J connectivity index is 1.78. The molecule has 0 radical (unpaired) electrons. The van der Waals surface area contributed by atoms with Gasteiger partial charge < -0.3 is 15.7 Å². The summed E-state index contributed by atoms with van der Waals surface area (Å²) in [6.07, 6.45) is 5.41. The van der Waals surface area contributed by atoms with Gasteiger partial charge in [0.05, 0.1) is 5.92 Å². The van der Waals surface area contributed by atoms with Gasteiger partial charge in [-0.1, -0.05) is 25.7 Å². The highest BCUT2D eigenvalue weighted by atomic mass is 32.1. The van der Waals surface area contributed by atoms with Crippen molar-refractivity contribution in [3.05, 3.63) is 22.4 Å². The van der Waals surface area contributed by atoms with E-state index in [2.05, 4.69) is 10.6 Å². The van der Waals surface area contributed by atoms with E-state index in [0.29, 0.717) is 18.4 Å². The zero-order valence-corrected chi connectivity index (χ0v) is 14.4. The van der Waals surface area contributed by atoms with Crippen molar-refractivity contribution in [3.8, 4) is 0 Å². The molecule has 7 heteroatoms. The van der Waals surface area contributed by atoms with Gasteiger partial charge in [0.25, 0.3) is 5.91 Å². The van der Waals surface area contributed by atoms with E-state index in [0.717, 1.165) is 25.7 Å². The Bertz CT molecular complexity index is 559. The average molecular weight is 352 g/mol. The van der Waals surface area contributed by atoms with E-state index in [1.807, 2.05) is 5.38 Å². The van der Waals surface area contributed by atoms with Crippen LogP contribution in [0.25, 0.3) is 0 Å². The highest BCUT2D eigenvalue weighted by Crippen LogP contribution is 2.23. The number of thiophene rings is 1. The fourth-order valence-corrected chi connectivity index (χ4v) is 3.65. The Morgan fingerprint density at radius 2 is 1.92 bits per heavy atom. The molecule has 1 aromatic heterocycles. The molecule has 2 rings (SSSR count). The molecule has 6 nitrogen and oxygen atoms in total. The fraction of sp³-hybridized carbons (Fsp3) is 0.588. The predicted molar refractivity (Wildman–Crippen MR) is 92.0 cm³/mol. The first-order chi connectivity index (χ1) is 11.6. The number of carbonyl (C=O) groups excluding carboxylic acids is 2. The number of hydrogen-bond acceptors (Lipinski definition) is 4. The largest absolute Gasteiger partial charge is 0.481 e. The summed E-state index contributed by atoms with van der Waals surface area (Å²) in [7, 11) is 0. The molecular formula is C17H24N2O4S. The van der Waals surface area contributed by atoms with E-state index in [-0.39, 0.29) is 30.8 Å². The summed E-state index contributed by atoms with van der Waals surface area (Å²) in [5.41, 5.74) is 0.589. The summed E-state index contributed by atoms with van der Waals surface area (Å²) in [5, 5.41) is 18.5. The predicted octanol–water partition coefficient (Wildman–Crippen LogP) is 2.41. The molecule has 0 aliphatic heterocycles. The van der Waals surface area contributed by atoms with Gasteiger partial charge >= 0.3 is 5.97 Å². The molecule has 1 aliphatic carbocycles. The second-order valence-electron chi connectivity index (χ2n) is 6.13. The smallest absolute Gasteiger partial charge is 0.308 e. The normalized spacial score (nSPS) is 21.3. The molecule has 0 spiro atoms. The van der Waals surface area contributed by atoms with Gasteiger partial charge in [-0.15, -0.1) is 0 Å². The number of carboxylic acids is 1. The number of aliphatic carboxylic acids is 1. The number of carboxylic acid groups (broad SMARTS) is 1. The number of carbonyl (C=O) groups is 3. The SMILES string of the molecule is O=C(CCNC(=O)c1ccsc1)NC1CCCCCCC1C(=O)O. The maximum Gasteiger partial charge on any atom is 0.308 e. The van der Waals surface area contributed by atoms with Crippen molar-refractivity contribution in [1.82, 2.24) is 10.6 Å². The lowest BCUT2D eigenvalue weighted by Crippen LogP contribution is -2.44. The Hall–Kier alpha value is -1.89. The maximum atomic E-state index is 12.1. The minimum absolute atomic E-state index is 0.152. The van der Waals surface area contributed by atoms with Crippen LogP contribution in [0.2, 0.25) is 0 Å². The van der Waals surface area contributed by atoms with Crippen molar-refractivity contribution in [2.45, 2.75) is 51.0 Å². The van der Waals surface area contributed by atoms with E-state index >= 15 is 0 Å². The molecule has 132 valence electrons. The lowest BCUT2D eigenvalue weighted by molar-refractivity contribution is -0.143. The van der Waals surface area contributed by atoms with E-state index in [4.69, 9.17) is 0 Å². The fourth-order valence-electron chi connectivity index (χ4n) is 3.02. The van der Waals surface area contributed by atoms with Gasteiger partial charge in [-0.25, -0.2) is 0 Å². The summed E-state index contributed by atoms with van der Waals surface area (Å²) in [5.74, 6) is -1.77. The van der Waals surface area contributed by atoms with Crippen LogP contribution in [-0.4, -0.2) is 35.5 Å². The molecule has 1 aliphatic rings. The summed E-state index contributed by atoms with van der Waals surface area (Å²) in [6.45, 7) is 0.241. The number of nitrogens with one attached hydrogen (secondary N) is 2. The first-order valence-electron chi connectivity index (χ1n) is 8.40.